The highest BCUT2D eigenvalue weighted by Gasteiger charge is 2.26. The van der Waals surface area contributed by atoms with Gasteiger partial charge in [-0.3, -0.25) is 0 Å². The van der Waals surface area contributed by atoms with Gasteiger partial charge in [0.25, 0.3) is 0 Å². The lowest BCUT2D eigenvalue weighted by molar-refractivity contribution is 0.408. The van der Waals surface area contributed by atoms with Crippen molar-refractivity contribution in [1.29, 1.82) is 0 Å². The second kappa shape index (κ2) is 5.17. The molecule has 0 atom stereocenters. The van der Waals surface area contributed by atoms with Crippen LogP contribution in [0.15, 0.2) is 6.20 Å². The summed E-state index contributed by atoms with van der Waals surface area (Å²) in [6.45, 7) is 8.80. The van der Waals surface area contributed by atoms with Gasteiger partial charge >= 0.3 is 0 Å². The molecule has 1 heterocycles. The third-order valence-electron chi connectivity index (χ3n) is 3.51. The fraction of sp³-hybridized carbons (Fsp3) is 0.846. The van der Waals surface area contributed by atoms with Crippen molar-refractivity contribution in [2.24, 2.45) is 0 Å². The monoisotopic (exact) mass is 236 g/mol. The Morgan fingerprint density at radius 3 is 2.88 bits per heavy atom. The van der Waals surface area contributed by atoms with Crippen LogP contribution in [-0.2, 0) is 12.0 Å². The zero-order valence-corrected chi connectivity index (χ0v) is 11.2. The quantitative estimate of drug-likeness (QED) is 0.788. The summed E-state index contributed by atoms with van der Waals surface area (Å²) in [4.78, 5) is 0. The molecular formula is C13H24N4. The Bertz CT molecular complexity index is 352. The lowest BCUT2D eigenvalue weighted by Gasteiger charge is -2.25. The smallest absolute Gasteiger partial charge is 0.0730 e. The van der Waals surface area contributed by atoms with Gasteiger partial charge < -0.3 is 5.32 Å². The molecule has 1 aromatic rings. The van der Waals surface area contributed by atoms with Crippen molar-refractivity contribution in [2.75, 3.05) is 6.54 Å². The van der Waals surface area contributed by atoms with Crippen molar-refractivity contribution >= 4 is 0 Å². The summed E-state index contributed by atoms with van der Waals surface area (Å²) in [5, 5.41) is 11.8. The molecule has 0 amide bonds. The first-order chi connectivity index (χ1) is 8.13. The number of hydrogen-bond acceptors (Lipinski definition) is 3. The molecule has 1 fully saturated rings. The topological polar surface area (TPSA) is 42.7 Å². The molecule has 96 valence electrons. The summed E-state index contributed by atoms with van der Waals surface area (Å²) in [6, 6.07) is 0.796. The van der Waals surface area contributed by atoms with Crippen molar-refractivity contribution < 1.29 is 0 Å². The van der Waals surface area contributed by atoms with Crippen LogP contribution < -0.4 is 5.32 Å². The molecule has 1 aliphatic carbocycles. The molecular weight excluding hydrogens is 212 g/mol. The average Bonchev–Trinajstić information content (AvgIpc) is 2.96. The number of rotatable bonds is 7. The molecule has 0 spiro atoms. The van der Waals surface area contributed by atoms with Crippen LogP contribution in [0.1, 0.15) is 52.1 Å². The summed E-state index contributed by atoms with van der Waals surface area (Å²) >= 11 is 0. The molecule has 1 aromatic heterocycles. The lowest BCUT2D eigenvalue weighted by atomic mass is 9.86. The van der Waals surface area contributed by atoms with Crippen LogP contribution >= 0.6 is 0 Å². The number of aryl methyl sites for hydroxylation is 1. The highest BCUT2D eigenvalue weighted by atomic mass is 15.4. The van der Waals surface area contributed by atoms with Crippen molar-refractivity contribution in [3.63, 3.8) is 0 Å². The Morgan fingerprint density at radius 1 is 1.47 bits per heavy atom. The average molecular weight is 236 g/mol. The van der Waals surface area contributed by atoms with Crippen molar-refractivity contribution in [3.8, 4) is 0 Å². The predicted octanol–water partition coefficient (Wildman–Crippen LogP) is 2.11. The largest absolute Gasteiger partial charge is 0.314 e. The molecule has 4 heteroatoms. The lowest BCUT2D eigenvalue weighted by Crippen LogP contribution is -2.29. The van der Waals surface area contributed by atoms with Gasteiger partial charge in [0, 0.05) is 18.0 Å². The van der Waals surface area contributed by atoms with Crippen LogP contribution in [0.3, 0.4) is 0 Å². The first kappa shape index (κ1) is 12.6. The van der Waals surface area contributed by atoms with Gasteiger partial charge in [-0.1, -0.05) is 26.0 Å². The Morgan fingerprint density at radius 2 is 2.24 bits per heavy atom. The van der Waals surface area contributed by atoms with E-state index in [0.717, 1.165) is 32.0 Å². The molecule has 0 saturated heterocycles. The molecule has 1 saturated carbocycles. The summed E-state index contributed by atoms with van der Waals surface area (Å²) in [7, 11) is 0. The highest BCUT2D eigenvalue weighted by molar-refractivity contribution is 5.10. The van der Waals surface area contributed by atoms with E-state index in [1.165, 1.54) is 18.5 Å². The molecule has 0 radical (unpaired) electrons. The normalized spacial score (nSPS) is 16.4. The zero-order chi connectivity index (χ0) is 12.3. The molecule has 1 aliphatic rings. The SMILES string of the molecule is CCCn1nncc1C(C)(C)CCNC1CC1. The second-order valence-corrected chi connectivity index (χ2v) is 5.70. The van der Waals surface area contributed by atoms with E-state index in [2.05, 4.69) is 41.1 Å². The van der Waals surface area contributed by atoms with Gasteiger partial charge in [-0.15, -0.1) is 5.10 Å². The molecule has 0 aromatic carbocycles. The number of hydrogen-bond donors (Lipinski definition) is 1. The third kappa shape index (κ3) is 3.28. The highest BCUT2D eigenvalue weighted by Crippen LogP contribution is 2.26. The predicted molar refractivity (Wildman–Crippen MR) is 69.0 cm³/mol. The van der Waals surface area contributed by atoms with Crippen molar-refractivity contribution in [3.05, 3.63) is 11.9 Å². The van der Waals surface area contributed by atoms with Gasteiger partial charge in [-0.25, -0.2) is 4.68 Å². The molecule has 17 heavy (non-hydrogen) atoms. The van der Waals surface area contributed by atoms with E-state index >= 15 is 0 Å². The van der Waals surface area contributed by atoms with Gasteiger partial charge in [0.15, 0.2) is 0 Å². The first-order valence-corrected chi connectivity index (χ1v) is 6.76. The summed E-state index contributed by atoms with van der Waals surface area (Å²) in [6.07, 6.45) is 6.88. The van der Waals surface area contributed by atoms with E-state index in [4.69, 9.17) is 0 Å². The number of nitrogens with zero attached hydrogens (tertiary/aromatic N) is 3. The van der Waals surface area contributed by atoms with Gasteiger partial charge in [-0.05, 0) is 32.2 Å². The standard InChI is InChI=1S/C13H24N4/c1-4-9-17-12(10-15-16-17)13(2,3)7-8-14-11-5-6-11/h10-11,14H,4-9H2,1-3H3. The van der Waals surface area contributed by atoms with Gasteiger partial charge in [-0.2, -0.15) is 0 Å². The third-order valence-corrected chi connectivity index (χ3v) is 3.51. The Labute approximate surface area is 104 Å². The van der Waals surface area contributed by atoms with Crippen molar-refractivity contribution in [2.45, 2.75) is 64.5 Å². The minimum atomic E-state index is 0.153. The maximum absolute atomic E-state index is 4.17. The molecule has 0 aliphatic heterocycles. The molecule has 0 unspecified atom stereocenters. The summed E-state index contributed by atoms with van der Waals surface area (Å²) in [5.74, 6) is 0. The second-order valence-electron chi connectivity index (χ2n) is 5.70. The first-order valence-electron chi connectivity index (χ1n) is 6.76. The minimum absolute atomic E-state index is 0.153. The van der Waals surface area contributed by atoms with Gasteiger partial charge in [0.2, 0.25) is 0 Å². The van der Waals surface area contributed by atoms with E-state index in [1.807, 2.05) is 6.20 Å². The van der Waals surface area contributed by atoms with Crippen LogP contribution in [0.25, 0.3) is 0 Å². The molecule has 0 bridgehead atoms. The maximum Gasteiger partial charge on any atom is 0.0730 e. The van der Waals surface area contributed by atoms with E-state index in [1.54, 1.807) is 0 Å². The Balaban J connectivity index is 1.93. The van der Waals surface area contributed by atoms with E-state index in [9.17, 15) is 0 Å². The summed E-state index contributed by atoms with van der Waals surface area (Å²) < 4.78 is 2.05. The number of nitrogens with one attached hydrogen (secondary N) is 1. The van der Waals surface area contributed by atoms with E-state index in [-0.39, 0.29) is 5.41 Å². The van der Waals surface area contributed by atoms with Crippen molar-refractivity contribution in [1.82, 2.24) is 20.3 Å². The minimum Gasteiger partial charge on any atom is -0.314 e. The fourth-order valence-electron chi connectivity index (χ4n) is 2.16. The Kier molecular flexibility index (Phi) is 3.82. The van der Waals surface area contributed by atoms with Crippen LogP contribution in [-0.4, -0.2) is 27.6 Å². The van der Waals surface area contributed by atoms with Crippen LogP contribution in [0.2, 0.25) is 0 Å². The zero-order valence-electron chi connectivity index (χ0n) is 11.2. The summed E-state index contributed by atoms with van der Waals surface area (Å²) in [5.41, 5.74) is 1.41. The molecule has 4 nitrogen and oxygen atoms in total. The van der Waals surface area contributed by atoms with Crippen LogP contribution in [0, 0.1) is 0 Å². The maximum atomic E-state index is 4.17. The van der Waals surface area contributed by atoms with Crippen LogP contribution in [0.4, 0.5) is 0 Å². The molecule has 2 rings (SSSR count). The van der Waals surface area contributed by atoms with E-state index in [0.29, 0.717) is 0 Å². The molecule has 1 N–H and O–H groups in total. The Hall–Kier alpha value is -0.900. The number of aromatic nitrogens is 3. The fourth-order valence-corrected chi connectivity index (χ4v) is 2.16. The van der Waals surface area contributed by atoms with Gasteiger partial charge in [0.1, 0.15) is 0 Å². The van der Waals surface area contributed by atoms with Crippen LogP contribution in [0.5, 0.6) is 0 Å². The van der Waals surface area contributed by atoms with Gasteiger partial charge in [0.05, 0.1) is 11.9 Å². The van der Waals surface area contributed by atoms with E-state index < -0.39 is 0 Å².